The summed E-state index contributed by atoms with van der Waals surface area (Å²) in [5.41, 5.74) is 6.65. The fraction of sp³-hybridized carbons (Fsp3) is 0. The van der Waals surface area contributed by atoms with E-state index in [0.717, 1.165) is 9.35 Å². The number of nitrogen functional groups attached to an aromatic ring is 2. The molecule has 17 heavy (non-hydrogen) atoms. The molecule has 0 atom stereocenters. The fourth-order valence-corrected chi connectivity index (χ4v) is 1.10. The quantitative estimate of drug-likeness (QED) is 0.511. The average Bonchev–Trinajstić information content (AvgIpc) is 2.27. The summed E-state index contributed by atoms with van der Waals surface area (Å²) < 4.78 is 1.86. The molecular formula is C8H9N7O2. The van der Waals surface area contributed by atoms with Gasteiger partial charge in [0.2, 0.25) is 0 Å². The van der Waals surface area contributed by atoms with Crippen LogP contribution in [0, 0.1) is 0 Å². The van der Waals surface area contributed by atoms with E-state index in [1.807, 2.05) is 0 Å². The SMILES string of the molecule is Nc1ccn(Nc2ccn(N)c(=O)n2)c(=O)n1. The lowest BCUT2D eigenvalue weighted by Gasteiger charge is -2.07. The fourth-order valence-electron chi connectivity index (χ4n) is 1.10. The van der Waals surface area contributed by atoms with Gasteiger partial charge >= 0.3 is 11.4 Å². The molecule has 0 aliphatic heterocycles. The van der Waals surface area contributed by atoms with E-state index < -0.39 is 11.4 Å². The van der Waals surface area contributed by atoms with E-state index in [2.05, 4.69) is 15.4 Å². The van der Waals surface area contributed by atoms with E-state index in [1.54, 1.807) is 0 Å². The van der Waals surface area contributed by atoms with Gasteiger partial charge in [0.1, 0.15) is 5.82 Å². The number of nitrogens with zero attached hydrogens (tertiary/aromatic N) is 4. The second-order valence-electron chi connectivity index (χ2n) is 3.12. The molecule has 0 saturated heterocycles. The van der Waals surface area contributed by atoms with Crippen LogP contribution < -0.4 is 28.4 Å². The van der Waals surface area contributed by atoms with Crippen LogP contribution >= 0.6 is 0 Å². The van der Waals surface area contributed by atoms with Gasteiger partial charge in [0.25, 0.3) is 0 Å². The van der Waals surface area contributed by atoms with E-state index in [9.17, 15) is 9.59 Å². The van der Waals surface area contributed by atoms with Gasteiger partial charge in [-0.1, -0.05) is 0 Å². The van der Waals surface area contributed by atoms with Crippen molar-refractivity contribution in [2.45, 2.75) is 0 Å². The van der Waals surface area contributed by atoms with Crippen LogP contribution in [0.25, 0.3) is 0 Å². The van der Waals surface area contributed by atoms with Crippen LogP contribution in [0.3, 0.4) is 0 Å². The van der Waals surface area contributed by atoms with Crippen molar-refractivity contribution in [1.82, 2.24) is 19.3 Å². The number of nitrogens with two attached hydrogens (primary N) is 2. The van der Waals surface area contributed by atoms with Crippen LogP contribution in [0.4, 0.5) is 11.6 Å². The first-order chi connectivity index (χ1) is 8.06. The van der Waals surface area contributed by atoms with Gasteiger partial charge in [-0.05, 0) is 6.07 Å². The molecular weight excluding hydrogens is 226 g/mol. The highest BCUT2D eigenvalue weighted by atomic mass is 16.2. The van der Waals surface area contributed by atoms with Gasteiger partial charge in [-0.15, -0.1) is 0 Å². The van der Waals surface area contributed by atoms with Gasteiger partial charge in [-0.25, -0.2) is 18.9 Å². The molecule has 2 rings (SSSR count). The summed E-state index contributed by atoms with van der Waals surface area (Å²) in [7, 11) is 0. The molecule has 9 nitrogen and oxygen atoms in total. The van der Waals surface area contributed by atoms with E-state index in [-0.39, 0.29) is 11.6 Å². The van der Waals surface area contributed by atoms with Crippen LogP contribution in [0.5, 0.6) is 0 Å². The van der Waals surface area contributed by atoms with E-state index in [0.29, 0.717) is 0 Å². The third-order valence-corrected chi connectivity index (χ3v) is 1.89. The smallest absolute Gasteiger partial charge is 0.368 e. The van der Waals surface area contributed by atoms with Gasteiger partial charge in [0, 0.05) is 18.5 Å². The second-order valence-corrected chi connectivity index (χ2v) is 3.12. The van der Waals surface area contributed by atoms with Crippen molar-refractivity contribution in [2.75, 3.05) is 17.0 Å². The molecule has 0 fully saturated rings. The van der Waals surface area contributed by atoms with Crippen LogP contribution in [-0.2, 0) is 0 Å². The van der Waals surface area contributed by atoms with Crippen molar-refractivity contribution in [1.29, 1.82) is 0 Å². The minimum absolute atomic E-state index is 0.110. The van der Waals surface area contributed by atoms with Crippen molar-refractivity contribution in [3.63, 3.8) is 0 Å². The lowest BCUT2D eigenvalue weighted by atomic mass is 10.6. The molecule has 9 heteroatoms. The lowest BCUT2D eigenvalue weighted by Crippen LogP contribution is -2.32. The number of rotatable bonds is 2. The molecule has 0 bridgehead atoms. The minimum atomic E-state index is -0.647. The summed E-state index contributed by atoms with van der Waals surface area (Å²) in [5, 5.41) is 0. The highest BCUT2D eigenvalue weighted by molar-refractivity contribution is 5.32. The van der Waals surface area contributed by atoms with E-state index in [1.165, 1.54) is 24.5 Å². The lowest BCUT2D eigenvalue weighted by molar-refractivity contribution is 0.816. The number of nitrogens with one attached hydrogen (secondary N) is 1. The highest BCUT2D eigenvalue weighted by Crippen LogP contribution is 1.96. The predicted octanol–water partition coefficient (Wildman–Crippen LogP) is -2.03. The molecule has 0 aliphatic rings. The summed E-state index contributed by atoms with van der Waals surface area (Å²) in [6.45, 7) is 0. The zero-order chi connectivity index (χ0) is 12.4. The zero-order valence-corrected chi connectivity index (χ0v) is 8.57. The summed E-state index contributed by atoms with van der Waals surface area (Å²) in [6, 6.07) is 2.86. The molecule has 2 heterocycles. The first-order valence-electron chi connectivity index (χ1n) is 4.53. The van der Waals surface area contributed by atoms with E-state index in [4.69, 9.17) is 11.6 Å². The Morgan fingerprint density at radius 3 is 2.53 bits per heavy atom. The Morgan fingerprint density at radius 2 is 1.88 bits per heavy atom. The van der Waals surface area contributed by atoms with Crippen LogP contribution in [0.15, 0.2) is 34.1 Å². The third-order valence-electron chi connectivity index (χ3n) is 1.89. The van der Waals surface area contributed by atoms with Crippen molar-refractivity contribution in [2.24, 2.45) is 0 Å². The normalized spacial score (nSPS) is 10.1. The van der Waals surface area contributed by atoms with Crippen LogP contribution in [-0.4, -0.2) is 19.3 Å². The Hall–Kier alpha value is -2.84. The molecule has 0 unspecified atom stereocenters. The van der Waals surface area contributed by atoms with Crippen molar-refractivity contribution in [3.8, 4) is 0 Å². The summed E-state index contributed by atoms with van der Waals surface area (Å²) in [6.07, 6.45) is 2.69. The zero-order valence-electron chi connectivity index (χ0n) is 8.57. The van der Waals surface area contributed by atoms with Gasteiger partial charge in [0.15, 0.2) is 5.82 Å². The maximum absolute atomic E-state index is 11.4. The monoisotopic (exact) mass is 235 g/mol. The maximum atomic E-state index is 11.4. The van der Waals surface area contributed by atoms with E-state index >= 15 is 0 Å². The number of hydrogen-bond donors (Lipinski definition) is 3. The molecule has 0 amide bonds. The Balaban J connectivity index is 2.35. The Labute approximate surface area is 94.3 Å². The first-order valence-corrected chi connectivity index (χ1v) is 4.53. The summed E-state index contributed by atoms with van der Waals surface area (Å²) in [4.78, 5) is 29.6. The second kappa shape index (κ2) is 3.96. The molecule has 0 aromatic carbocycles. The maximum Gasteiger partial charge on any atom is 0.368 e. The Kier molecular flexibility index (Phi) is 2.49. The van der Waals surface area contributed by atoms with Gasteiger partial charge < -0.3 is 11.6 Å². The minimum Gasteiger partial charge on any atom is -0.383 e. The molecule has 2 aromatic heterocycles. The molecule has 2 aromatic rings. The average molecular weight is 235 g/mol. The Bertz CT molecular complexity index is 659. The molecule has 0 radical (unpaired) electrons. The highest BCUT2D eigenvalue weighted by Gasteiger charge is 2.00. The molecule has 0 spiro atoms. The predicted molar refractivity (Wildman–Crippen MR) is 60.6 cm³/mol. The van der Waals surface area contributed by atoms with Crippen molar-refractivity contribution in [3.05, 3.63) is 45.5 Å². The van der Waals surface area contributed by atoms with Crippen molar-refractivity contribution < 1.29 is 0 Å². The molecule has 0 aliphatic carbocycles. The van der Waals surface area contributed by atoms with Crippen LogP contribution in [0.1, 0.15) is 0 Å². The standard InChI is InChI=1S/C8H9N7O2/c9-5-1-4-15(8(17)11-5)13-6-2-3-14(10)7(16)12-6/h1-4H,10H2,(H2,9,11,17)(H,12,13,16). The molecule has 88 valence electrons. The Morgan fingerprint density at radius 1 is 1.12 bits per heavy atom. The summed E-state index contributed by atoms with van der Waals surface area (Å²) in [5.74, 6) is 5.53. The molecule has 0 saturated carbocycles. The number of hydrogen-bond acceptors (Lipinski definition) is 7. The van der Waals surface area contributed by atoms with Gasteiger partial charge in [-0.2, -0.15) is 9.97 Å². The first kappa shape index (κ1) is 10.7. The third kappa shape index (κ3) is 2.22. The summed E-state index contributed by atoms with van der Waals surface area (Å²) >= 11 is 0. The largest absolute Gasteiger partial charge is 0.383 e. The number of aromatic nitrogens is 4. The topological polar surface area (TPSA) is 134 Å². The van der Waals surface area contributed by atoms with Crippen molar-refractivity contribution >= 4 is 11.6 Å². The molecule has 5 N–H and O–H groups in total. The number of anilines is 2. The van der Waals surface area contributed by atoms with Gasteiger partial charge in [-0.3, -0.25) is 5.43 Å². The van der Waals surface area contributed by atoms with Gasteiger partial charge in [0.05, 0.1) is 0 Å². The van der Waals surface area contributed by atoms with Crippen LogP contribution in [0.2, 0.25) is 0 Å².